The first-order valence-corrected chi connectivity index (χ1v) is 9.23. The van der Waals surface area contributed by atoms with Crippen molar-refractivity contribution in [2.45, 2.75) is 90.9 Å². The maximum atomic E-state index is 12.6. The second-order valence-corrected chi connectivity index (χ2v) is 8.07. The monoisotopic (exact) mass is 302 g/mol. The highest BCUT2D eigenvalue weighted by molar-refractivity contribution is 6.00. The summed E-state index contributed by atoms with van der Waals surface area (Å²) >= 11 is 0. The zero-order valence-electron chi connectivity index (χ0n) is 14.3. The fourth-order valence-electron chi connectivity index (χ4n) is 4.15. The molecule has 122 valence electrons. The molecule has 0 aliphatic heterocycles. The van der Waals surface area contributed by atoms with Crippen LogP contribution in [0.1, 0.15) is 99.1 Å². The molecule has 0 saturated carbocycles. The molecule has 2 heteroatoms. The first kappa shape index (κ1) is 15.8. The summed E-state index contributed by atoms with van der Waals surface area (Å²) in [5.41, 5.74) is 2.31. The van der Waals surface area contributed by atoms with Gasteiger partial charge < -0.3 is 4.42 Å². The Hall–Kier alpha value is -1.05. The summed E-state index contributed by atoms with van der Waals surface area (Å²) in [4.78, 5) is 12.6. The Morgan fingerprint density at radius 3 is 2.05 bits per heavy atom. The summed E-state index contributed by atoms with van der Waals surface area (Å²) < 4.78 is 6.22. The molecule has 1 aromatic heterocycles. The molecule has 0 N–H and O–H groups in total. The summed E-state index contributed by atoms with van der Waals surface area (Å²) in [7, 11) is 0. The van der Waals surface area contributed by atoms with Crippen LogP contribution in [0.4, 0.5) is 0 Å². The van der Waals surface area contributed by atoms with Gasteiger partial charge in [0.1, 0.15) is 11.5 Å². The van der Waals surface area contributed by atoms with Gasteiger partial charge in [-0.15, -0.1) is 0 Å². The highest BCUT2D eigenvalue weighted by Crippen LogP contribution is 2.39. The zero-order chi connectivity index (χ0) is 15.6. The van der Waals surface area contributed by atoms with E-state index in [4.69, 9.17) is 4.42 Å². The molecule has 2 aliphatic carbocycles. The number of Topliss-reactive ketones (excluding diaryl/α,β-unsaturated/α-hetero) is 1. The number of carbonyl (C=O) groups excluding carboxylic acids is 1. The maximum absolute atomic E-state index is 12.6. The average Bonchev–Trinajstić information content (AvgIpc) is 2.75. The van der Waals surface area contributed by atoms with Gasteiger partial charge in [0.05, 0.1) is 5.56 Å². The molecule has 0 amide bonds. The molecule has 3 rings (SSSR count). The van der Waals surface area contributed by atoms with Gasteiger partial charge in [-0.05, 0) is 24.7 Å². The SMILES string of the molecule is CC1(C)CC(=O)c2c(oc3c2CCCCCCCCCC3)C1. The molecule has 0 radical (unpaired) electrons. The Bertz CT molecular complexity index is 536. The zero-order valence-corrected chi connectivity index (χ0v) is 14.3. The number of fused-ring (bicyclic) bond motifs is 3. The van der Waals surface area contributed by atoms with Crippen LogP contribution < -0.4 is 0 Å². The first-order valence-electron chi connectivity index (χ1n) is 9.23. The Balaban J connectivity index is 1.88. The van der Waals surface area contributed by atoms with E-state index in [-0.39, 0.29) is 5.41 Å². The quantitative estimate of drug-likeness (QED) is 0.619. The van der Waals surface area contributed by atoms with E-state index in [2.05, 4.69) is 13.8 Å². The summed E-state index contributed by atoms with van der Waals surface area (Å²) in [6.07, 6.45) is 14.1. The van der Waals surface area contributed by atoms with Gasteiger partial charge in [-0.25, -0.2) is 0 Å². The summed E-state index contributed by atoms with van der Waals surface area (Å²) in [5, 5.41) is 0. The number of carbonyl (C=O) groups is 1. The lowest BCUT2D eigenvalue weighted by molar-refractivity contribution is 0.0903. The third kappa shape index (κ3) is 3.47. The van der Waals surface area contributed by atoms with Gasteiger partial charge >= 0.3 is 0 Å². The summed E-state index contributed by atoms with van der Waals surface area (Å²) in [5.74, 6) is 2.45. The lowest BCUT2D eigenvalue weighted by Gasteiger charge is -2.27. The van der Waals surface area contributed by atoms with Crippen LogP contribution in [0.2, 0.25) is 0 Å². The number of aryl methyl sites for hydroxylation is 1. The molecule has 22 heavy (non-hydrogen) atoms. The Morgan fingerprint density at radius 2 is 1.36 bits per heavy atom. The van der Waals surface area contributed by atoms with Crippen molar-refractivity contribution in [2.24, 2.45) is 5.41 Å². The molecule has 0 unspecified atom stereocenters. The average molecular weight is 302 g/mol. The number of furan rings is 1. The number of hydrogen-bond acceptors (Lipinski definition) is 2. The van der Waals surface area contributed by atoms with Crippen molar-refractivity contribution in [3.63, 3.8) is 0 Å². The van der Waals surface area contributed by atoms with Crippen molar-refractivity contribution in [1.29, 1.82) is 0 Å². The van der Waals surface area contributed by atoms with Crippen LogP contribution in [0.3, 0.4) is 0 Å². The minimum atomic E-state index is 0.0550. The van der Waals surface area contributed by atoms with E-state index < -0.39 is 0 Å². The van der Waals surface area contributed by atoms with E-state index in [9.17, 15) is 4.79 Å². The third-order valence-corrected chi connectivity index (χ3v) is 5.30. The van der Waals surface area contributed by atoms with Crippen LogP contribution in [-0.4, -0.2) is 5.78 Å². The van der Waals surface area contributed by atoms with Gasteiger partial charge in [0.25, 0.3) is 0 Å². The summed E-state index contributed by atoms with van der Waals surface area (Å²) in [6.45, 7) is 4.36. The lowest BCUT2D eigenvalue weighted by Crippen LogP contribution is -2.26. The van der Waals surface area contributed by atoms with E-state index >= 15 is 0 Å². The topological polar surface area (TPSA) is 30.2 Å². The molecule has 0 spiro atoms. The van der Waals surface area contributed by atoms with Crippen molar-refractivity contribution >= 4 is 5.78 Å². The molecule has 1 aromatic rings. The van der Waals surface area contributed by atoms with Gasteiger partial charge in [-0.3, -0.25) is 4.79 Å². The highest BCUT2D eigenvalue weighted by atomic mass is 16.3. The molecule has 0 bridgehead atoms. The molecule has 2 aliphatic rings. The van der Waals surface area contributed by atoms with Crippen molar-refractivity contribution in [2.75, 3.05) is 0 Å². The number of ketones is 1. The van der Waals surface area contributed by atoms with Crippen molar-refractivity contribution < 1.29 is 9.21 Å². The van der Waals surface area contributed by atoms with Crippen LogP contribution in [-0.2, 0) is 19.3 Å². The van der Waals surface area contributed by atoms with Gasteiger partial charge in [-0.2, -0.15) is 0 Å². The molecule has 0 atom stereocenters. The molecule has 0 aromatic carbocycles. The van der Waals surface area contributed by atoms with Gasteiger partial charge in [0.15, 0.2) is 5.78 Å². The number of hydrogen-bond donors (Lipinski definition) is 0. The molecular formula is C20H30O2. The summed E-state index contributed by atoms with van der Waals surface area (Å²) in [6, 6.07) is 0. The standard InChI is InChI=1S/C20H30O2/c1-20(2)13-16(21)19-15-11-9-7-5-3-4-6-8-10-12-17(15)22-18(19)14-20/h3-14H2,1-2H3. The van der Waals surface area contributed by atoms with Crippen LogP contribution in [0, 0.1) is 5.41 Å². The van der Waals surface area contributed by atoms with Crippen molar-refractivity contribution in [3.8, 4) is 0 Å². The maximum Gasteiger partial charge on any atom is 0.167 e. The van der Waals surface area contributed by atoms with E-state index in [1.54, 1.807) is 0 Å². The van der Waals surface area contributed by atoms with E-state index in [0.29, 0.717) is 12.2 Å². The second-order valence-electron chi connectivity index (χ2n) is 8.07. The van der Waals surface area contributed by atoms with Gasteiger partial charge in [-0.1, -0.05) is 52.4 Å². The molecule has 1 heterocycles. The van der Waals surface area contributed by atoms with Crippen LogP contribution >= 0.6 is 0 Å². The molecule has 2 nitrogen and oxygen atoms in total. The minimum absolute atomic E-state index is 0.0550. The predicted octanol–water partition coefficient (Wildman–Crippen LogP) is 5.65. The van der Waals surface area contributed by atoms with Crippen LogP contribution in [0.25, 0.3) is 0 Å². The predicted molar refractivity (Wildman–Crippen MR) is 89.5 cm³/mol. The highest BCUT2D eigenvalue weighted by Gasteiger charge is 2.36. The van der Waals surface area contributed by atoms with Crippen molar-refractivity contribution in [3.05, 3.63) is 22.6 Å². The largest absolute Gasteiger partial charge is 0.465 e. The number of rotatable bonds is 0. The third-order valence-electron chi connectivity index (χ3n) is 5.30. The van der Waals surface area contributed by atoms with Gasteiger partial charge in [0, 0.05) is 24.8 Å². The lowest BCUT2D eigenvalue weighted by atomic mass is 9.75. The van der Waals surface area contributed by atoms with Crippen molar-refractivity contribution in [1.82, 2.24) is 0 Å². The van der Waals surface area contributed by atoms with E-state index in [1.165, 1.54) is 56.9 Å². The fraction of sp³-hybridized carbons (Fsp3) is 0.750. The second kappa shape index (κ2) is 6.60. The van der Waals surface area contributed by atoms with Gasteiger partial charge in [0.2, 0.25) is 0 Å². The Labute approximate surface area is 134 Å². The normalized spacial score (nSPS) is 23.1. The fourth-order valence-corrected chi connectivity index (χ4v) is 4.15. The van der Waals surface area contributed by atoms with Crippen LogP contribution in [0.15, 0.2) is 4.42 Å². The Kier molecular flexibility index (Phi) is 4.75. The smallest absolute Gasteiger partial charge is 0.167 e. The van der Waals surface area contributed by atoms with E-state index in [1.807, 2.05) is 0 Å². The molecular weight excluding hydrogens is 272 g/mol. The molecule has 0 fully saturated rings. The first-order chi connectivity index (χ1) is 10.6. The molecule has 0 saturated heterocycles. The minimum Gasteiger partial charge on any atom is -0.465 e. The van der Waals surface area contributed by atoms with Crippen LogP contribution in [0.5, 0.6) is 0 Å². The van der Waals surface area contributed by atoms with E-state index in [0.717, 1.165) is 36.3 Å². The Morgan fingerprint density at radius 1 is 0.773 bits per heavy atom.